The second-order valence-electron chi connectivity index (χ2n) is 2.31. The van der Waals surface area contributed by atoms with Crippen LogP contribution in [0.3, 0.4) is 0 Å². The van der Waals surface area contributed by atoms with Crippen LogP contribution in [0.2, 0.25) is 0 Å². The molecule has 0 aromatic heterocycles. The fourth-order valence-corrected chi connectivity index (χ4v) is 0.642. The Morgan fingerprint density at radius 1 is 1.60 bits per heavy atom. The zero-order valence-corrected chi connectivity index (χ0v) is 6.28. The SMILES string of the molecule is CN(C)/N=C/[C@H]1COCO1. The number of ether oxygens (including phenoxy) is 2. The van der Waals surface area contributed by atoms with Crippen LogP contribution >= 0.6 is 0 Å². The molecule has 0 saturated carbocycles. The molecule has 4 nitrogen and oxygen atoms in total. The maximum atomic E-state index is 5.11. The molecule has 0 aromatic rings. The minimum atomic E-state index is 0.0439. The van der Waals surface area contributed by atoms with Gasteiger partial charge in [-0.05, 0) is 0 Å². The van der Waals surface area contributed by atoms with Gasteiger partial charge in [-0.2, -0.15) is 5.10 Å². The number of hydrogen-bond donors (Lipinski definition) is 0. The third kappa shape index (κ3) is 2.33. The van der Waals surface area contributed by atoms with Gasteiger partial charge in [0.1, 0.15) is 12.9 Å². The molecule has 1 rings (SSSR count). The molecule has 1 atom stereocenters. The number of hydrogen-bond acceptors (Lipinski definition) is 4. The molecule has 0 spiro atoms. The Balaban J connectivity index is 2.23. The van der Waals surface area contributed by atoms with Crippen LogP contribution in [0.4, 0.5) is 0 Å². The summed E-state index contributed by atoms with van der Waals surface area (Å²) in [7, 11) is 3.73. The van der Waals surface area contributed by atoms with Crippen molar-refractivity contribution >= 4 is 6.21 Å². The van der Waals surface area contributed by atoms with Gasteiger partial charge in [-0.3, -0.25) is 0 Å². The highest BCUT2D eigenvalue weighted by Gasteiger charge is 2.12. The van der Waals surface area contributed by atoms with E-state index in [0.717, 1.165) is 0 Å². The van der Waals surface area contributed by atoms with E-state index in [4.69, 9.17) is 9.47 Å². The van der Waals surface area contributed by atoms with Crippen LogP contribution in [0, 0.1) is 0 Å². The van der Waals surface area contributed by atoms with Gasteiger partial charge in [-0.15, -0.1) is 0 Å². The van der Waals surface area contributed by atoms with E-state index in [9.17, 15) is 0 Å². The standard InChI is InChI=1S/C6H12N2O2/c1-8(2)7-3-6-4-9-5-10-6/h3,6H,4-5H2,1-2H3/b7-3+/t6-/m0/s1. The second-order valence-corrected chi connectivity index (χ2v) is 2.31. The molecule has 0 aromatic carbocycles. The summed E-state index contributed by atoms with van der Waals surface area (Å²) in [5, 5.41) is 5.73. The molecule has 0 amide bonds. The highest BCUT2D eigenvalue weighted by Crippen LogP contribution is 1.99. The summed E-state index contributed by atoms with van der Waals surface area (Å²) in [5.41, 5.74) is 0. The lowest BCUT2D eigenvalue weighted by Gasteiger charge is -2.04. The first-order valence-corrected chi connectivity index (χ1v) is 3.20. The molecular formula is C6H12N2O2. The van der Waals surface area contributed by atoms with Gasteiger partial charge in [0.05, 0.1) is 12.8 Å². The Morgan fingerprint density at radius 3 is 2.90 bits per heavy atom. The smallest absolute Gasteiger partial charge is 0.147 e. The van der Waals surface area contributed by atoms with Gasteiger partial charge >= 0.3 is 0 Å². The Bertz CT molecular complexity index is 119. The topological polar surface area (TPSA) is 34.1 Å². The molecule has 4 heteroatoms. The van der Waals surface area contributed by atoms with E-state index < -0.39 is 0 Å². The fourth-order valence-electron chi connectivity index (χ4n) is 0.642. The van der Waals surface area contributed by atoms with E-state index in [2.05, 4.69) is 5.10 Å². The van der Waals surface area contributed by atoms with Gasteiger partial charge in [0, 0.05) is 14.1 Å². The Hall–Kier alpha value is -0.610. The average Bonchev–Trinajstić information content (AvgIpc) is 2.34. The van der Waals surface area contributed by atoms with Crippen molar-refractivity contribution in [3.05, 3.63) is 0 Å². The Morgan fingerprint density at radius 2 is 2.40 bits per heavy atom. The van der Waals surface area contributed by atoms with Gasteiger partial charge in [0.2, 0.25) is 0 Å². The minimum absolute atomic E-state index is 0.0439. The van der Waals surface area contributed by atoms with Crippen LogP contribution in [-0.4, -0.2) is 44.8 Å². The van der Waals surface area contributed by atoms with Gasteiger partial charge < -0.3 is 14.5 Å². The first-order chi connectivity index (χ1) is 4.79. The normalized spacial score (nSPS) is 26.0. The first kappa shape index (κ1) is 7.50. The van der Waals surface area contributed by atoms with Crippen molar-refractivity contribution < 1.29 is 9.47 Å². The molecule has 0 unspecified atom stereocenters. The predicted octanol–water partition coefficient (Wildman–Crippen LogP) is -0.0933. The zero-order valence-electron chi connectivity index (χ0n) is 6.28. The monoisotopic (exact) mass is 144 g/mol. The van der Waals surface area contributed by atoms with E-state index in [0.29, 0.717) is 13.4 Å². The predicted molar refractivity (Wildman–Crippen MR) is 37.9 cm³/mol. The van der Waals surface area contributed by atoms with E-state index in [-0.39, 0.29) is 6.10 Å². The van der Waals surface area contributed by atoms with Crippen LogP contribution in [0.15, 0.2) is 5.10 Å². The highest BCUT2D eigenvalue weighted by molar-refractivity contribution is 5.63. The molecule has 1 saturated heterocycles. The minimum Gasteiger partial charge on any atom is -0.352 e. The van der Waals surface area contributed by atoms with Crippen molar-refractivity contribution in [2.45, 2.75) is 6.10 Å². The molecule has 0 bridgehead atoms. The van der Waals surface area contributed by atoms with Crippen molar-refractivity contribution in [2.75, 3.05) is 27.5 Å². The molecule has 58 valence electrons. The number of hydrazone groups is 1. The number of rotatable bonds is 2. The summed E-state index contributed by atoms with van der Waals surface area (Å²) >= 11 is 0. The van der Waals surface area contributed by atoms with Gasteiger partial charge in [0.15, 0.2) is 0 Å². The van der Waals surface area contributed by atoms with Gasteiger partial charge in [-0.1, -0.05) is 0 Å². The van der Waals surface area contributed by atoms with E-state index in [1.54, 1.807) is 11.2 Å². The van der Waals surface area contributed by atoms with Crippen LogP contribution in [0.25, 0.3) is 0 Å². The van der Waals surface area contributed by atoms with Crippen molar-refractivity contribution in [2.24, 2.45) is 5.10 Å². The molecule has 10 heavy (non-hydrogen) atoms. The molecule has 1 heterocycles. The van der Waals surface area contributed by atoms with Crippen molar-refractivity contribution in [1.82, 2.24) is 5.01 Å². The molecule has 1 fully saturated rings. The second kappa shape index (κ2) is 3.53. The summed E-state index contributed by atoms with van der Waals surface area (Å²) in [6.07, 6.45) is 1.79. The molecule has 1 aliphatic rings. The van der Waals surface area contributed by atoms with Crippen LogP contribution in [0.5, 0.6) is 0 Å². The summed E-state index contributed by atoms with van der Waals surface area (Å²) in [6, 6.07) is 0. The van der Waals surface area contributed by atoms with Crippen LogP contribution in [-0.2, 0) is 9.47 Å². The van der Waals surface area contributed by atoms with E-state index >= 15 is 0 Å². The summed E-state index contributed by atoms with van der Waals surface area (Å²) in [6.45, 7) is 1.02. The molecule has 0 aliphatic carbocycles. The Labute approximate surface area is 60.4 Å². The lowest BCUT2D eigenvalue weighted by molar-refractivity contribution is 0.0611. The van der Waals surface area contributed by atoms with Gasteiger partial charge in [-0.25, -0.2) is 0 Å². The van der Waals surface area contributed by atoms with E-state index in [1.807, 2.05) is 14.1 Å². The summed E-state index contributed by atoms with van der Waals surface area (Å²) < 4.78 is 10.1. The van der Waals surface area contributed by atoms with Crippen LogP contribution in [0.1, 0.15) is 0 Å². The molecule has 0 N–H and O–H groups in total. The number of nitrogens with zero attached hydrogens (tertiary/aromatic N) is 2. The molecular weight excluding hydrogens is 132 g/mol. The zero-order chi connectivity index (χ0) is 7.40. The average molecular weight is 144 g/mol. The van der Waals surface area contributed by atoms with Crippen molar-refractivity contribution in [3.63, 3.8) is 0 Å². The highest BCUT2D eigenvalue weighted by atomic mass is 16.7. The first-order valence-electron chi connectivity index (χ1n) is 3.20. The van der Waals surface area contributed by atoms with Gasteiger partial charge in [0.25, 0.3) is 0 Å². The maximum Gasteiger partial charge on any atom is 0.147 e. The third-order valence-corrected chi connectivity index (χ3v) is 1.11. The lowest BCUT2D eigenvalue weighted by atomic mass is 10.4. The largest absolute Gasteiger partial charge is 0.352 e. The lowest BCUT2D eigenvalue weighted by Crippen LogP contribution is -2.13. The van der Waals surface area contributed by atoms with E-state index in [1.165, 1.54) is 0 Å². The Kier molecular flexibility index (Phi) is 2.65. The summed E-state index contributed by atoms with van der Waals surface area (Å²) in [4.78, 5) is 0. The van der Waals surface area contributed by atoms with Crippen molar-refractivity contribution in [1.29, 1.82) is 0 Å². The van der Waals surface area contributed by atoms with Crippen molar-refractivity contribution in [3.8, 4) is 0 Å². The molecule has 1 aliphatic heterocycles. The quantitative estimate of drug-likeness (QED) is 0.401. The third-order valence-electron chi connectivity index (χ3n) is 1.11. The molecule has 0 radical (unpaired) electrons. The summed E-state index contributed by atoms with van der Waals surface area (Å²) in [5.74, 6) is 0. The fraction of sp³-hybridized carbons (Fsp3) is 0.833. The van der Waals surface area contributed by atoms with Crippen LogP contribution < -0.4 is 0 Å². The maximum absolute atomic E-state index is 5.11.